The van der Waals surface area contributed by atoms with Crippen LogP contribution in [0, 0.1) is 0 Å². The van der Waals surface area contributed by atoms with E-state index >= 15 is 0 Å². The van der Waals surface area contributed by atoms with Gasteiger partial charge in [0.25, 0.3) is 0 Å². The molecule has 1 nitrogen and oxygen atoms in total. The number of furan rings is 1. The van der Waals surface area contributed by atoms with Crippen LogP contribution in [-0.4, -0.2) is 0 Å². The van der Waals surface area contributed by atoms with Crippen LogP contribution in [0.2, 0.25) is 0 Å². The fourth-order valence-electron chi connectivity index (χ4n) is 11.8. The number of hydrogen-bond donors (Lipinski definition) is 0. The molecule has 11 aromatic carbocycles. The van der Waals surface area contributed by atoms with Crippen molar-refractivity contribution < 1.29 is 4.42 Å². The molecule has 14 aromatic rings. The Bertz CT molecular complexity index is 4330. The van der Waals surface area contributed by atoms with Crippen molar-refractivity contribution in [3.8, 4) is 33.4 Å². The van der Waals surface area contributed by atoms with Gasteiger partial charge in [0.1, 0.15) is 11.3 Å². The lowest BCUT2D eigenvalue weighted by Crippen LogP contribution is -2.06. The zero-order valence-electron chi connectivity index (χ0n) is 36.2. The van der Waals surface area contributed by atoms with Gasteiger partial charge in [0.15, 0.2) is 0 Å². The Morgan fingerprint density at radius 3 is 1.21 bits per heavy atom. The van der Waals surface area contributed by atoms with Crippen LogP contribution in [0.25, 0.3) is 134 Å². The zero-order chi connectivity index (χ0) is 43.7. The monoisotopic (exact) mass is 886 g/mol. The molecule has 0 bridgehead atoms. The van der Waals surface area contributed by atoms with Gasteiger partial charge >= 0.3 is 0 Å². The Hall–Kier alpha value is -7.82. The van der Waals surface area contributed by atoms with E-state index in [0.717, 1.165) is 17.8 Å². The predicted molar refractivity (Wildman–Crippen MR) is 290 cm³/mol. The van der Waals surface area contributed by atoms with Gasteiger partial charge in [-0.1, -0.05) is 170 Å². The van der Waals surface area contributed by atoms with Crippen molar-refractivity contribution in [1.82, 2.24) is 0 Å². The first-order valence-electron chi connectivity index (χ1n) is 23.2. The number of fused-ring (bicyclic) bond motifs is 13. The van der Waals surface area contributed by atoms with E-state index in [0.29, 0.717) is 0 Å². The zero-order valence-corrected chi connectivity index (χ0v) is 37.8. The summed E-state index contributed by atoms with van der Waals surface area (Å²) >= 11 is 3.77. The first-order chi connectivity index (χ1) is 33.2. The van der Waals surface area contributed by atoms with Gasteiger partial charge in [-0.2, -0.15) is 0 Å². The molecule has 0 fully saturated rings. The average molecular weight is 887 g/mol. The summed E-state index contributed by atoms with van der Waals surface area (Å²) in [6.07, 6.45) is 5.41. The normalized spacial score (nSPS) is 14.0. The molecule has 1 unspecified atom stereocenters. The number of benzene rings is 11. The number of allylic oxidation sites excluding steroid dienone is 1. The smallest absolute Gasteiger partial charge is 0.135 e. The summed E-state index contributed by atoms with van der Waals surface area (Å²) in [5.74, 6) is 1.04. The standard InChI is InChI=1S/C64H38OS2/c1-3-18-46-44(16-1)60(45-17-2-4-19-47(45)61(46)38-28-31-42-40-14-9-11-26-56(40)66-58(42)35-38)37-30-33-54-53(34-37)64-52(24-13-25-55(64)65-54)63-50-22-7-5-20-48(50)62(49-21-6-8-23-51(49)63)39-29-32-43-41-15-10-12-27-57(41)67-59(43)36-39/h1-23,25-36,52H,24H2. The minimum Gasteiger partial charge on any atom is -0.456 e. The summed E-state index contributed by atoms with van der Waals surface area (Å²) in [7, 11) is 0. The molecule has 0 N–H and O–H groups in total. The molecule has 0 radical (unpaired) electrons. The lowest BCUT2D eigenvalue weighted by Gasteiger charge is -2.25. The second-order valence-corrected chi connectivity index (χ2v) is 20.3. The third-order valence-corrected chi connectivity index (χ3v) is 16.9. The molecule has 15 rings (SSSR count). The highest BCUT2D eigenvalue weighted by atomic mass is 32.1. The van der Waals surface area contributed by atoms with Crippen LogP contribution in [0.1, 0.15) is 29.2 Å². The first-order valence-corrected chi connectivity index (χ1v) is 24.8. The molecule has 0 amide bonds. The average Bonchev–Trinajstić information content (AvgIpc) is 4.07. The molecule has 0 spiro atoms. The van der Waals surface area contributed by atoms with Crippen molar-refractivity contribution >= 4 is 123 Å². The van der Waals surface area contributed by atoms with Crippen LogP contribution in [0.4, 0.5) is 0 Å². The van der Waals surface area contributed by atoms with Crippen molar-refractivity contribution in [3.63, 3.8) is 0 Å². The largest absolute Gasteiger partial charge is 0.456 e. The SMILES string of the molecule is C1=Cc2oc3ccc(-c4c5ccccc5c(-c5ccc6c(c5)sc5ccccc56)c5ccccc45)cc3c2C(c2c3ccccc3c(-c3ccc4c(c3)sc3ccccc34)c3ccccc23)C1. The molecule has 0 saturated carbocycles. The predicted octanol–water partition coefficient (Wildman–Crippen LogP) is 19.3. The van der Waals surface area contributed by atoms with E-state index in [-0.39, 0.29) is 5.92 Å². The van der Waals surface area contributed by atoms with Gasteiger partial charge in [-0.3, -0.25) is 0 Å². The molecule has 1 atom stereocenters. The Kier molecular flexibility index (Phi) is 8.01. The van der Waals surface area contributed by atoms with Crippen LogP contribution >= 0.6 is 22.7 Å². The van der Waals surface area contributed by atoms with Gasteiger partial charge in [-0.05, 0) is 131 Å². The first kappa shape index (κ1) is 37.4. The molecule has 67 heavy (non-hydrogen) atoms. The maximum atomic E-state index is 6.84. The van der Waals surface area contributed by atoms with E-state index in [9.17, 15) is 0 Å². The van der Waals surface area contributed by atoms with Gasteiger partial charge in [0.2, 0.25) is 0 Å². The number of rotatable bonds is 4. The topological polar surface area (TPSA) is 13.1 Å². The minimum atomic E-state index is 0.0881. The van der Waals surface area contributed by atoms with Crippen LogP contribution in [0.5, 0.6) is 0 Å². The van der Waals surface area contributed by atoms with E-state index < -0.39 is 0 Å². The quantitative estimate of drug-likeness (QED) is 0.161. The highest BCUT2D eigenvalue weighted by Gasteiger charge is 2.30. The van der Waals surface area contributed by atoms with Crippen LogP contribution < -0.4 is 0 Å². The Labute approximate surface area is 394 Å². The van der Waals surface area contributed by atoms with E-state index in [1.165, 1.54) is 133 Å². The molecule has 0 saturated heterocycles. The Morgan fingerprint density at radius 2 is 0.716 bits per heavy atom. The van der Waals surface area contributed by atoms with Gasteiger partial charge in [-0.25, -0.2) is 0 Å². The molecular weight excluding hydrogens is 849 g/mol. The number of hydrogen-bond acceptors (Lipinski definition) is 3. The summed E-state index contributed by atoms with van der Waals surface area (Å²) in [6, 6.07) is 74.9. The molecule has 3 aromatic heterocycles. The van der Waals surface area contributed by atoms with Crippen LogP contribution in [0.15, 0.2) is 211 Å². The minimum absolute atomic E-state index is 0.0881. The van der Waals surface area contributed by atoms with Crippen molar-refractivity contribution in [2.24, 2.45) is 0 Å². The Morgan fingerprint density at radius 1 is 0.328 bits per heavy atom. The summed E-state index contributed by atoms with van der Waals surface area (Å²) in [5, 5.41) is 16.7. The summed E-state index contributed by atoms with van der Waals surface area (Å²) in [4.78, 5) is 0. The van der Waals surface area contributed by atoms with Crippen molar-refractivity contribution in [2.75, 3.05) is 0 Å². The second kappa shape index (κ2) is 14.3. The van der Waals surface area contributed by atoms with Gasteiger partial charge in [0.05, 0.1) is 0 Å². The molecule has 1 aliphatic rings. The maximum absolute atomic E-state index is 6.84. The van der Waals surface area contributed by atoms with E-state index in [2.05, 4.69) is 212 Å². The van der Waals surface area contributed by atoms with E-state index in [4.69, 9.17) is 4.42 Å². The van der Waals surface area contributed by atoms with Crippen molar-refractivity contribution in [2.45, 2.75) is 12.3 Å². The maximum Gasteiger partial charge on any atom is 0.135 e. The van der Waals surface area contributed by atoms with E-state index in [1.54, 1.807) is 0 Å². The molecule has 3 heterocycles. The number of thiophene rings is 2. The fourth-order valence-corrected chi connectivity index (χ4v) is 14.1. The molecular formula is C64H38OS2. The molecule has 0 aliphatic heterocycles. The third-order valence-electron chi connectivity index (χ3n) is 14.6. The van der Waals surface area contributed by atoms with Crippen LogP contribution in [-0.2, 0) is 0 Å². The highest BCUT2D eigenvalue weighted by molar-refractivity contribution is 7.26. The third kappa shape index (κ3) is 5.47. The highest BCUT2D eigenvalue weighted by Crippen LogP contribution is 2.51. The molecule has 312 valence electrons. The van der Waals surface area contributed by atoms with Crippen molar-refractivity contribution in [3.05, 3.63) is 223 Å². The lowest BCUT2D eigenvalue weighted by atomic mass is 9.77. The van der Waals surface area contributed by atoms with Gasteiger partial charge in [0, 0.05) is 57.2 Å². The van der Waals surface area contributed by atoms with Crippen molar-refractivity contribution in [1.29, 1.82) is 0 Å². The second-order valence-electron chi connectivity index (χ2n) is 18.1. The molecule has 1 aliphatic carbocycles. The lowest BCUT2D eigenvalue weighted by molar-refractivity contribution is 0.590. The summed E-state index contributed by atoms with van der Waals surface area (Å²) < 4.78 is 12.1. The summed E-state index contributed by atoms with van der Waals surface area (Å²) in [6.45, 7) is 0. The van der Waals surface area contributed by atoms with Gasteiger partial charge < -0.3 is 4.42 Å². The van der Waals surface area contributed by atoms with E-state index in [1.807, 2.05) is 22.7 Å². The van der Waals surface area contributed by atoms with Crippen LogP contribution in [0.3, 0.4) is 0 Å². The molecule has 3 heteroatoms. The Balaban J connectivity index is 0.933. The summed E-state index contributed by atoms with van der Waals surface area (Å²) in [5.41, 5.74) is 11.1. The fraction of sp³-hybridized carbons (Fsp3) is 0.0312. The van der Waals surface area contributed by atoms with Gasteiger partial charge in [-0.15, -0.1) is 22.7 Å².